The van der Waals surface area contributed by atoms with E-state index in [1.165, 1.54) is 73.5 Å². The first kappa shape index (κ1) is 30.9. The lowest BCUT2D eigenvalue weighted by Gasteiger charge is -2.28. The van der Waals surface area contributed by atoms with Crippen molar-refractivity contribution < 1.29 is 42.1 Å². The highest BCUT2D eigenvalue weighted by atomic mass is 35.5. The van der Waals surface area contributed by atoms with Crippen LogP contribution in [0.5, 0.6) is 11.5 Å². The van der Waals surface area contributed by atoms with E-state index in [0.29, 0.717) is 24.5 Å². The molecule has 3 aromatic rings. The van der Waals surface area contributed by atoms with Crippen molar-refractivity contribution in [2.75, 3.05) is 46.0 Å². The Labute approximate surface area is 245 Å². The van der Waals surface area contributed by atoms with Gasteiger partial charge in [-0.25, -0.2) is 13.6 Å². The van der Waals surface area contributed by atoms with Gasteiger partial charge in [-0.15, -0.1) is 0 Å². The highest BCUT2D eigenvalue weighted by Crippen LogP contribution is 2.38. The molecule has 2 atom stereocenters. The Bertz CT molecular complexity index is 1460. The molecule has 1 N–H and O–H groups in total. The number of carbonyl (C=O) groups is 2. The number of hydrogen-bond donors (Lipinski definition) is 1. The number of ether oxygens (including phenoxy) is 5. The van der Waals surface area contributed by atoms with Crippen LogP contribution in [0.15, 0.2) is 59.5 Å². The molecule has 1 saturated heterocycles. The number of aromatic nitrogens is 1. The molecule has 1 fully saturated rings. The minimum absolute atomic E-state index is 0.0765. The molecule has 1 aromatic heterocycles. The van der Waals surface area contributed by atoms with E-state index in [1.54, 1.807) is 0 Å². The third-order valence-electron chi connectivity index (χ3n) is 6.44. The fourth-order valence-corrected chi connectivity index (χ4v) is 4.61. The lowest BCUT2D eigenvalue weighted by atomic mass is 10.0. The van der Waals surface area contributed by atoms with Gasteiger partial charge >= 0.3 is 5.97 Å². The molecule has 224 valence electrons. The van der Waals surface area contributed by atoms with Crippen LogP contribution < -0.4 is 20.3 Å². The molecule has 10 nitrogen and oxygen atoms in total. The maximum Gasteiger partial charge on any atom is 0.337 e. The summed E-state index contributed by atoms with van der Waals surface area (Å²) < 4.78 is 53.7. The lowest BCUT2D eigenvalue weighted by molar-refractivity contribution is -0.124. The van der Waals surface area contributed by atoms with Crippen LogP contribution in [0.25, 0.3) is 11.1 Å². The Hall–Kier alpha value is -4.00. The minimum atomic E-state index is -2.72. The highest BCUT2D eigenvalue weighted by molar-refractivity contribution is 6.31. The SMILES string of the molecule is COC(=O)c1ccc(NC(=O)C(CC2COCCO2)n2cc(OC)c(-c3cc(Cl)ccc3OCC(F)F)cc2=O)cc1. The molecule has 13 heteroatoms. The molecular weight excluding hydrogens is 578 g/mol. The summed E-state index contributed by atoms with van der Waals surface area (Å²) in [6.07, 6.45) is -1.74. The van der Waals surface area contributed by atoms with E-state index in [0.717, 1.165) is 0 Å². The number of anilines is 1. The molecule has 1 aliphatic heterocycles. The molecule has 1 aliphatic rings. The monoisotopic (exact) mass is 606 g/mol. The van der Waals surface area contributed by atoms with Gasteiger partial charge in [-0.05, 0) is 42.5 Å². The zero-order valence-electron chi connectivity index (χ0n) is 22.8. The Balaban J connectivity index is 1.71. The molecule has 4 rings (SSSR count). The number of carbonyl (C=O) groups excluding carboxylic acids is 2. The van der Waals surface area contributed by atoms with Crippen LogP contribution in [-0.4, -0.2) is 69.6 Å². The quantitative estimate of drug-likeness (QED) is 0.315. The number of esters is 1. The van der Waals surface area contributed by atoms with Crippen LogP contribution in [0.4, 0.5) is 14.5 Å². The number of alkyl halides is 2. The first-order chi connectivity index (χ1) is 20.2. The van der Waals surface area contributed by atoms with Crippen LogP contribution in [0.1, 0.15) is 22.8 Å². The topological polar surface area (TPSA) is 114 Å². The van der Waals surface area contributed by atoms with Crippen molar-refractivity contribution in [1.82, 2.24) is 4.57 Å². The van der Waals surface area contributed by atoms with Crippen molar-refractivity contribution in [3.8, 4) is 22.6 Å². The van der Waals surface area contributed by atoms with E-state index in [1.807, 2.05) is 0 Å². The summed E-state index contributed by atoms with van der Waals surface area (Å²) in [4.78, 5) is 38.9. The van der Waals surface area contributed by atoms with Crippen LogP contribution in [0.3, 0.4) is 0 Å². The zero-order valence-corrected chi connectivity index (χ0v) is 23.6. The molecule has 2 aromatic carbocycles. The van der Waals surface area contributed by atoms with Crippen molar-refractivity contribution in [2.45, 2.75) is 25.0 Å². The Kier molecular flexibility index (Phi) is 10.5. The number of nitrogens with one attached hydrogen (secondary N) is 1. The van der Waals surface area contributed by atoms with Gasteiger partial charge in [0.15, 0.2) is 0 Å². The number of pyridine rings is 1. The molecule has 0 spiro atoms. The second kappa shape index (κ2) is 14.3. The van der Waals surface area contributed by atoms with Crippen molar-refractivity contribution in [2.24, 2.45) is 0 Å². The van der Waals surface area contributed by atoms with Crippen molar-refractivity contribution >= 4 is 29.2 Å². The number of nitrogens with zero attached hydrogens (tertiary/aromatic N) is 1. The van der Waals surface area contributed by atoms with Gasteiger partial charge in [0.1, 0.15) is 24.1 Å². The Morgan fingerprint density at radius 1 is 1.07 bits per heavy atom. The van der Waals surface area contributed by atoms with Crippen LogP contribution >= 0.6 is 11.6 Å². The van der Waals surface area contributed by atoms with Gasteiger partial charge in [-0.3, -0.25) is 14.2 Å². The van der Waals surface area contributed by atoms with E-state index in [-0.39, 0.29) is 40.7 Å². The predicted molar refractivity (Wildman–Crippen MR) is 150 cm³/mol. The van der Waals surface area contributed by atoms with E-state index in [2.05, 4.69) is 5.32 Å². The molecule has 1 amide bonds. The molecule has 0 bridgehead atoms. The van der Waals surface area contributed by atoms with Crippen molar-refractivity contribution in [1.29, 1.82) is 0 Å². The number of benzene rings is 2. The van der Waals surface area contributed by atoms with E-state index >= 15 is 0 Å². The fourth-order valence-electron chi connectivity index (χ4n) is 4.44. The summed E-state index contributed by atoms with van der Waals surface area (Å²) in [5.41, 5.74) is 0.605. The molecular formula is C29H29ClF2N2O8. The van der Waals surface area contributed by atoms with E-state index in [4.69, 9.17) is 35.3 Å². The largest absolute Gasteiger partial charge is 0.495 e. The van der Waals surface area contributed by atoms with Gasteiger partial charge in [0.25, 0.3) is 12.0 Å². The van der Waals surface area contributed by atoms with Gasteiger partial charge in [0.05, 0.1) is 51.9 Å². The smallest absolute Gasteiger partial charge is 0.337 e. The number of halogens is 3. The Morgan fingerprint density at radius 2 is 1.81 bits per heavy atom. The van der Waals surface area contributed by atoms with Crippen LogP contribution in [0, 0.1) is 0 Å². The lowest BCUT2D eigenvalue weighted by Crippen LogP contribution is -2.38. The molecule has 2 unspecified atom stereocenters. The van der Waals surface area contributed by atoms with Crippen LogP contribution in [-0.2, 0) is 19.0 Å². The summed E-state index contributed by atoms with van der Waals surface area (Å²) in [7, 11) is 2.63. The third kappa shape index (κ3) is 7.64. The third-order valence-corrected chi connectivity index (χ3v) is 6.68. The first-order valence-corrected chi connectivity index (χ1v) is 13.3. The van der Waals surface area contributed by atoms with Crippen molar-refractivity contribution in [3.63, 3.8) is 0 Å². The molecule has 0 radical (unpaired) electrons. The van der Waals surface area contributed by atoms with E-state index in [9.17, 15) is 23.2 Å². The molecule has 0 saturated carbocycles. The summed E-state index contributed by atoms with van der Waals surface area (Å²) in [5.74, 6) is -0.815. The van der Waals surface area contributed by atoms with E-state index < -0.39 is 42.6 Å². The molecule has 2 heterocycles. The maximum atomic E-state index is 13.6. The maximum absolute atomic E-state index is 13.6. The number of amides is 1. The summed E-state index contributed by atoms with van der Waals surface area (Å²) in [5, 5.41) is 3.06. The number of methoxy groups -OCH3 is 2. The second-order valence-corrected chi connectivity index (χ2v) is 9.66. The number of hydrogen-bond acceptors (Lipinski definition) is 8. The summed E-state index contributed by atoms with van der Waals surface area (Å²) in [6, 6.07) is 10.6. The van der Waals surface area contributed by atoms with Gasteiger partial charge in [-0.2, -0.15) is 0 Å². The molecule has 0 aliphatic carbocycles. The predicted octanol–water partition coefficient (Wildman–Crippen LogP) is 4.59. The van der Waals surface area contributed by atoms with Gasteiger partial charge in [-0.1, -0.05) is 11.6 Å². The van der Waals surface area contributed by atoms with Gasteiger partial charge < -0.3 is 29.0 Å². The highest BCUT2D eigenvalue weighted by Gasteiger charge is 2.29. The Morgan fingerprint density at radius 3 is 2.45 bits per heavy atom. The first-order valence-electron chi connectivity index (χ1n) is 12.9. The average molecular weight is 607 g/mol. The average Bonchev–Trinajstić information content (AvgIpc) is 2.99. The summed E-state index contributed by atoms with van der Waals surface area (Å²) >= 11 is 6.18. The van der Waals surface area contributed by atoms with Gasteiger partial charge in [0, 0.05) is 34.3 Å². The zero-order chi connectivity index (χ0) is 30.2. The standard InChI is InChI=1S/C29H29ClF2N2O8/c1-38-25-14-34(27(35)13-22(25)21-11-18(30)5-8-24(21)42-16-26(31)32)23(12-20-15-40-9-10-41-20)28(36)33-19-6-3-17(4-7-19)29(37)39-2/h3-8,11,13-14,20,23,26H,9-10,12,15-16H2,1-2H3,(H,33,36). The second-order valence-electron chi connectivity index (χ2n) is 9.22. The fraction of sp³-hybridized carbons (Fsp3) is 0.345. The van der Waals surface area contributed by atoms with Crippen LogP contribution in [0.2, 0.25) is 5.02 Å². The number of rotatable bonds is 11. The summed E-state index contributed by atoms with van der Waals surface area (Å²) in [6.45, 7) is 0.120. The van der Waals surface area contributed by atoms with Gasteiger partial charge in [0.2, 0.25) is 5.91 Å². The minimum Gasteiger partial charge on any atom is -0.495 e. The van der Waals surface area contributed by atoms with Crippen molar-refractivity contribution in [3.05, 3.63) is 75.7 Å². The normalized spacial score (nSPS) is 15.6. The molecule has 42 heavy (non-hydrogen) atoms.